The van der Waals surface area contributed by atoms with Crippen molar-refractivity contribution in [2.24, 2.45) is 17.6 Å². The maximum absolute atomic E-state index is 12.1. The van der Waals surface area contributed by atoms with E-state index in [1.54, 1.807) is 0 Å². The van der Waals surface area contributed by atoms with Crippen LogP contribution in [0.4, 0.5) is 0 Å². The molecule has 0 saturated heterocycles. The number of hydrogen-bond acceptors (Lipinski definition) is 3. The van der Waals surface area contributed by atoms with Crippen molar-refractivity contribution in [1.29, 1.82) is 0 Å². The Hall–Kier alpha value is -0.610. The minimum absolute atomic E-state index is 0.163. The third kappa shape index (κ3) is 5.26. The first-order chi connectivity index (χ1) is 9.78. The molecule has 21 heavy (non-hydrogen) atoms. The van der Waals surface area contributed by atoms with E-state index in [0.717, 1.165) is 44.7 Å². The summed E-state index contributed by atoms with van der Waals surface area (Å²) in [5.41, 5.74) is 5.28. The fourth-order valence-electron chi connectivity index (χ4n) is 3.54. The highest BCUT2D eigenvalue weighted by Crippen LogP contribution is 2.38. The molecule has 1 aliphatic rings. The number of primary amides is 1. The van der Waals surface area contributed by atoms with Gasteiger partial charge in [0, 0.05) is 6.04 Å². The van der Waals surface area contributed by atoms with Gasteiger partial charge in [-0.2, -0.15) is 0 Å². The van der Waals surface area contributed by atoms with E-state index < -0.39 is 5.54 Å². The second-order valence-electron chi connectivity index (χ2n) is 7.50. The zero-order chi connectivity index (χ0) is 16.0. The summed E-state index contributed by atoms with van der Waals surface area (Å²) in [7, 11) is 2.18. The molecule has 1 fully saturated rings. The molecule has 3 N–H and O–H groups in total. The van der Waals surface area contributed by atoms with Gasteiger partial charge in [-0.3, -0.25) is 4.79 Å². The van der Waals surface area contributed by atoms with Crippen LogP contribution in [0.15, 0.2) is 0 Å². The van der Waals surface area contributed by atoms with Crippen molar-refractivity contribution in [1.82, 2.24) is 10.2 Å². The van der Waals surface area contributed by atoms with Gasteiger partial charge in [0.05, 0.1) is 0 Å². The van der Waals surface area contributed by atoms with Gasteiger partial charge in [-0.1, -0.05) is 20.3 Å². The fourth-order valence-corrected chi connectivity index (χ4v) is 3.54. The highest BCUT2D eigenvalue weighted by molar-refractivity contribution is 5.85. The molecule has 124 valence electrons. The van der Waals surface area contributed by atoms with Gasteiger partial charge in [0.15, 0.2) is 0 Å². The summed E-state index contributed by atoms with van der Waals surface area (Å²) < 4.78 is 0. The Morgan fingerprint density at radius 2 is 2.00 bits per heavy atom. The van der Waals surface area contributed by atoms with Crippen LogP contribution in [0.2, 0.25) is 0 Å². The van der Waals surface area contributed by atoms with Gasteiger partial charge in [0.25, 0.3) is 0 Å². The smallest absolute Gasteiger partial charge is 0.238 e. The predicted octanol–water partition coefficient (Wildman–Crippen LogP) is 2.38. The van der Waals surface area contributed by atoms with Gasteiger partial charge in [-0.05, 0) is 71.5 Å². The van der Waals surface area contributed by atoms with Gasteiger partial charge in [-0.15, -0.1) is 0 Å². The molecule has 1 aliphatic carbocycles. The van der Waals surface area contributed by atoms with Crippen molar-refractivity contribution in [2.45, 2.75) is 71.4 Å². The zero-order valence-electron chi connectivity index (χ0n) is 14.6. The van der Waals surface area contributed by atoms with E-state index in [-0.39, 0.29) is 11.9 Å². The van der Waals surface area contributed by atoms with Crippen LogP contribution >= 0.6 is 0 Å². The first-order valence-corrected chi connectivity index (χ1v) is 8.54. The molecule has 1 saturated carbocycles. The molecule has 4 heteroatoms. The van der Waals surface area contributed by atoms with Gasteiger partial charge in [-0.25, -0.2) is 0 Å². The third-order valence-electron chi connectivity index (χ3n) is 4.75. The summed E-state index contributed by atoms with van der Waals surface area (Å²) >= 11 is 0. The molecular formula is C17H35N3O. The van der Waals surface area contributed by atoms with Crippen molar-refractivity contribution >= 4 is 5.91 Å². The SMILES string of the molecule is CC(C)CCN(C)CCC1CCCC1(NC(C)C)C(N)=O. The topological polar surface area (TPSA) is 58.4 Å². The molecule has 4 nitrogen and oxygen atoms in total. The Morgan fingerprint density at radius 3 is 2.52 bits per heavy atom. The van der Waals surface area contributed by atoms with Crippen LogP contribution in [-0.4, -0.2) is 42.5 Å². The Morgan fingerprint density at radius 1 is 1.33 bits per heavy atom. The zero-order valence-corrected chi connectivity index (χ0v) is 14.6. The number of rotatable bonds is 9. The summed E-state index contributed by atoms with van der Waals surface area (Å²) in [6.07, 6.45) is 5.38. The van der Waals surface area contributed by atoms with Crippen LogP contribution in [-0.2, 0) is 4.79 Å². The molecule has 0 spiro atoms. The summed E-state index contributed by atoms with van der Waals surface area (Å²) in [6.45, 7) is 10.9. The highest BCUT2D eigenvalue weighted by atomic mass is 16.1. The molecule has 1 amide bonds. The average molecular weight is 297 g/mol. The third-order valence-corrected chi connectivity index (χ3v) is 4.75. The number of hydrogen-bond donors (Lipinski definition) is 2. The van der Waals surface area contributed by atoms with Gasteiger partial charge >= 0.3 is 0 Å². The van der Waals surface area contributed by atoms with Crippen LogP contribution in [0.25, 0.3) is 0 Å². The van der Waals surface area contributed by atoms with Crippen LogP contribution in [0, 0.1) is 11.8 Å². The Kier molecular flexibility index (Phi) is 7.14. The molecule has 0 bridgehead atoms. The Balaban J connectivity index is 2.57. The average Bonchev–Trinajstić information content (AvgIpc) is 2.77. The largest absolute Gasteiger partial charge is 0.368 e. The Bertz CT molecular complexity index is 330. The molecule has 0 aliphatic heterocycles. The van der Waals surface area contributed by atoms with E-state index in [1.807, 2.05) is 0 Å². The second-order valence-corrected chi connectivity index (χ2v) is 7.50. The van der Waals surface area contributed by atoms with E-state index in [0.29, 0.717) is 5.92 Å². The minimum atomic E-state index is -0.479. The number of carbonyl (C=O) groups excluding carboxylic acids is 1. The first-order valence-electron chi connectivity index (χ1n) is 8.54. The molecule has 2 unspecified atom stereocenters. The molecule has 2 atom stereocenters. The van der Waals surface area contributed by atoms with Crippen molar-refractivity contribution in [3.05, 3.63) is 0 Å². The van der Waals surface area contributed by atoms with Crippen LogP contribution in [0.1, 0.15) is 59.8 Å². The molecule has 0 aromatic carbocycles. The number of nitrogens with zero attached hydrogens (tertiary/aromatic N) is 1. The van der Waals surface area contributed by atoms with Crippen molar-refractivity contribution in [3.63, 3.8) is 0 Å². The second kappa shape index (κ2) is 8.14. The lowest BCUT2D eigenvalue weighted by molar-refractivity contribution is -0.126. The predicted molar refractivity (Wildman–Crippen MR) is 89.1 cm³/mol. The van der Waals surface area contributed by atoms with Crippen molar-refractivity contribution in [3.8, 4) is 0 Å². The molecular weight excluding hydrogens is 262 g/mol. The van der Waals surface area contributed by atoms with Gasteiger partial charge in [0.1, 0.15) is 5.54 Å². The van der Waals surface area contributed by atoms with E-state index in [9.17, 15) is 4.79 Å². The molecule has 0 aromatic rings. The minimum Gasteiger partial charge on any atom is -0.368 e. The fraction of sp³-hybridized carbons (Fsp3) is 0.941. The maximum atomic E-state index is 12.1. The van der Waals surface area contributed by atoms with E-state index in [2.05, 4.69) is 45.0 Å². The normalized spacial score (nSPS) is 26.2. The van der Waals surface area contributed by atoms with Gasteiger partial charge in [0.2, 0.25) is 5.91 Å². The van der Waals surface area contributed by atoms with Gasteiger partial charge < -0.3 is 16.0 Å². The number of amides is 1. The van der Waals surface area contributed by atoms with Crippen LogP contribution in [0.3, 0.4) is 0 Å². The number of nitrogens with one attached hydrogen (secondary N) is 1. The molecule has 0 aromatic heterocycles. The summed E-state index contributed by atoms with van der Waals surface area (Å²) in [5, 5.41) is 3.49. The van der Waals surface area contributed by atoms with E-state index in [4.69, 9.17) is 5.73 Å². The van der Waals surface area contributed by atoms with E-state index in [1.165, 1.54) is 6.42 Å². The van der Waals surface area contributed by atoms with Crippen molar-refractivity contribution in [2.75, 3.05) is 20.1 Å². The summed E-state index contributed by atoms with van der Waals surface area (Å²) in [5.74, 6) is 0.952. The number of carbonyl (C=O) groups is 1. The molecule has 1 rings (SSSR count). The first kappa shape index (κ1) is 18.4. The molecule has 0 radical (unpaired) electrons. The standard InChI is InChI=1S/C17H35N3O/c1-13(2)8-11-20(5)12-9-15-7-6-10-17(15,16(18)21)19-14(3)4/h13-15,19H,6-12H2,1-5H3,(H2,18,21). The maximum Gasteiger partial charge on any atom is 0.238 e. The van der Waals surface area contributed by atoms with E-state index >= 15 is 0 Å². The monoisotopic (exact) mass is 297 g/mol. The quantitative estimate of drug-likeness (QED) is 0.687. The Labute approximate surface area is 130 Å². The lowest BCUT2D eigenvalue weighted by atomic mass is 9.83. The lowest BCUT2D eigenvalue weighted by Gasteiger charge is -2.36. The summed E-state index contributed by atoms with van der Waals surface area (Å²) in [6, 6.07) is 0.289. The summed E-state index contributed by atoms with van der Waals surface area (Å²) in [4.78, 5) is 14.5. The van der Waals surface area contributed by atoms with Crippen molar-refractivity contribution < 1.29 is 4.79 Å². The lowest BCUT2D eigenvalue weighted by Crippen LogP contribution is -2.60. The molecule has 0 heterocycles. The van der Waals surface area contributed by atoms with Crippen LogP contribution in [0.5, 0.6) is 0 Å². The highest BCUT2D eigenvalue weighted by Gasteiger charge is 2.47. The van der Waals surface area contributed by atoms with Crippen LogP contribution < -0.4 is 11.1 Å². The number of nitrogens with two attached hydrogens (primary N) is 1.